The molecule has 0 bridgehead atoms. The van der Waals surface area contributed by atoms with E-state index in [1.165, 1.54) is 24.1 Å². The highest BCUT2D eigenvalue weighted by molar-refractivity contribution is 5.88. The molecule has 2 aromatic rings. The molecule has 8 nitrogen and oxygen atoms in total. The standard InChI is InChI=1S/C20H27N5O3/c1-24(12-17-15-4-2-3-5-16(15)22-23-17)19(26)10-18-20(27)21-7-8-25(18)11-14-6-9-28-13-14/h6,9,13,18H,2-5,7-8,10-12H2,1H3,(H,21,27)(H,22,23). The molecule has 150 valence electrons. The van der Waals surface area contributed by atoms with Gasteiger partial charge in [0.15, 0.2) is 0 Å². The molecule has 2 N–H and O–H groups in total. The van der Waals surface area contributed by atoms with Gasteiger partial charge in [0, 0.05) is 37.9 Å². The molecule has 1 unspecified atom stereocenters. The van der Waals surface area contributed by atoms with Crippen LogP contribution in [0.1, 0.15) is 41.8 Å². The van der Waals surface area contributed by atoms with E-state index in [1.54, 1.807) is 24.5 Å². The van der Waals surface area contributed by atoms with Crippen molar-refractivity contribution >= 4 is 11.8 Å². The van der Waals surface area contributed by atoms with Crippen molar-refractivity contribution in [3.63, 3.8) is 0 Å². The van der Waals surface area contributed by atoms with Crippen molar-refractivity contribution in [1.29, 1.82) is 0 Å². The van der Waals surface area contributed by atoms with Crippen LogP contribution in [-0.4, -0.2) is 58.0 Å². The molecule has 0 spiro atoms. The van der Waals surface area contributed by atoms with Gasteiger partial charge in [-0.05, 0) is 37.3 Å². The van der Waals surface area contributed by atoms with Gasteiger partial charge in [-0.15, -0.1) is 0 Å². The number of nitrogens with one attached hydrogen (secondary N) is 2. The first-order valence-electron chi connectivity index (χ1n) is 9.93. The third kappa shape index (κ3) is 3.96. The van der Waals surface area contributed by atoms with Crippen molar-refractivity contribution in [3.05, 3.63) is 41.1 Å². The zero-order valence-corrected chi connectivity index (χ0v) is 16.2. The number of furan rings is 1. The topological polar surface area (TPSA) is 94.5 Å². The Balaban J connectivity index is 1.40. The van der Waals surface area contributed by atoms with Crippen LogP contribution in [0, 0.1) is 0 Å². The highest BCUT2D eigenvalue weighted by Gasteiger charge is 2.33. The van der Waals surface area contributed by atoms with Crippen LogP contribution in [0.3, 0.4) is 0 Å². The fraction of sp³-hybridized carbons (Fsp3) is 0.550. The van der Waals surface area contributed by atoms with Crippen molar-refractivity contribution in [1.82, 2.24) is 25.3 Å². The van der Waals surface area contributed by atoms with Crippen molar-refractivity contribution in [3.8, 4) is 0 Å². The van der Waals surface area contributed by atoms with E-state index in [2.05, 4.69) is 15.5 Å². The lowest BCUT2D eigenvalue weighted by Crippen LogP contribution is -2.56. The second-order valence-corrected chi connectivity index (χ2v) is 7.70. The summed E-state index contributed by atoms with van der Waals surface area (Å²) in [6.07, 6.45) is 7.87. The Morgan fingerprint density at radius 2 is 2.25 bits per heavy atom. The molecule has 1 aliphatic heterocycles. The molecule has 4 rings (SSSR count). The molecule has 1 atom stereocenters. The summed E-state index contributed by atoms with van der Waals surface area (Å²) in [6.45, 7) is 2.38. The minimum atomic E-state index is -0.466. The molecule has 0 radical (unpaired) electrons. The Hall–Kier alpha value is -2.61. The fourth-order valence-electron chi connectivity index (χ4n) is 4.10. The van der Waals surface area contributed by atoms with Crippen LogP contribution in [0.2, 0.25) is 0 Å². The van der Waals surface area contributed by atoms with Crippen molar-refractivity contribution < 1.29 is 14.0 Å². The number of aromatic nitrogens is 2. The first-order valence-corrected chi connectivity index (χ1v) is 9.93. The lowest BCUT2D eigenvalue weighted by Gasteiger charge is -2.35. The fourth-order valence-corrected chi connectivity index (χ4v) is 4.10. The van der Waals surface area contributed by atoms with E-state index >= 15 is 0 Å². The normalized spacial score (nSPS) is 19.9. The van der Waals surface area contributed by atoms with Gasteiger partial charge in [0.05, 0.1) is 37.2 Å². The Morgan fingerprint density at radius 1 is 1.39 bits per heavy atom. The number of rotatable bonds is 6. The molecule has 28 heavy (non-hydrogen) atoms. The highest BCUT2D eigenvalue weighted by Crippen LogP contribution is 2.23. The number of amides is 2. The van der Waals surface area contributed by atoms with Crippen LogP contribution in [-0.2, 0) is 35.5 Å². The van der Waals surface area contributed by atoms with Gasteiger partial charge in [0.2, 0.25) is 11.8 Å². The number of aryl methyl sites for hydroxylation is 1. The van der Waals surface area contributed by atoms with Crippen molar-refractivity contribution in [2.45, 2.75) is 51.2 Å². The Labute approximate surface area is 164 Å². The summed E-state index contributed by atoms with van der Waals surface area (Å²) in [7, 11) is 1.79. The molecule has 3 heterocycles. The third-order valence-electron chi connectivity index (χ3n) is 5.73. The van der Waals surface area contributed by atoms with Crippen LogP contribution in [0.5, 0.6) is 0 Å². The number of carbonyl (C=O) groups excluding carboxylic acids is 2. The van der Waals surface area contributed by atoms with E-state index in [4.69, 9.17) is 4.42 Å². The first-order chi connectivity index (χ1) is 13.6. The number of piperazine rings is 1. The number of H-pyrrole nitrogens is 1. The monoisotopic (exact) mass is 385 g/mol. The Bertz CT molecular complexity index is 829. The molecule has 2 amide bonds. The highest BCUT2D eigenvalue weighted by atomic mass is 16.3. The number of fused-ring (bicyclic) bond motifs is 1. The van der Waals surface area contributed by atoms with Gasteiger partial charge in [-0.2, -0.15) is 5.10 Å². The average Bonchev–Trinajstić information content (AvgIpc) is 3.35. The summed E-state index contributed by atoms with van der Waals surface area (Å²) in [5.74, 6) is -0.138. The largest absolute Gasteiger partial charge is 0.472 e. The van der Waals surface area contributed by atoms with E-state index in [1.807, 2.05) is 11.0 Å². The van der Waals surface area contributed by atoms with Crippen LogP contribution >= 0.6 is 0 Å². The van der Waals surface area contributed by atoms with Gasteiger partial charge >= 0.3 is 0 Å². The molecule has 0 saturated carbocycles. The van der Waals surface area contributed by atoms with Gasteiger partial charge in [-0.1, -0.05) is 0 Å². The quantitative estimate of drug-likeness (QED) is 0.780. The minimum absolute atomic E-state index is 0.0493. The van der Waals surface area contributed by atoms with Gasteiger partial charge in [0.1, 0.15) is 0 Å². The first kappa shape index (κ1) is 18.7. The van der Waals surface area contributed by atoms with Crippen molar-refractivity contribution in [2.75, 3.05) is 20.1 Å². The van der Waals surface area contributed by atoms with Crippen molar-refractivity contribution in [2.24, 2.45) is 0 Å². The van der Waals surface area contributed by atoms with Gasteiger partial charge in [-0.3, -0.25) is 19.6 Å². The Morgan fingerprint density at radius 3 is 3.07 bits per heavy atom. The lowest BCUT2D eigenvalue weighted by atomic mass is 9.96. The van der Waals surface area contributed by atoms with E-state index in [0.29, 0.717) is 26.2 Å². The van der Waals surface area contributed by atoms with Gasteiger partial charge in [-0.25, -0.2) is 0 Å². The smallest absolute Gasteiger partial charge is 0.237 e. The third-order valence-corrected chi connectivity index (χ3v) is 5.73. The maximum Gasteiger partial charge on any atom is 0.237 e. The van der Waals surface area contributed by atoms with E-state index in [0.717, 1.165) is 24.1 Å². The summed E-state index contributed by atoms with van der Waals surface area (Å²) in [4.78, 5) is 29.0. The van der Waals surface area contributed by atoms with Gasteiger partial charge in [0.25, 0.3) is 0 Å². The maximum atomic E-state index is 12.9. The second-order valence-electron chi connectivity index (χ2n) is 7.70. The molecule has 2 aliphatic rings. The molecule has 1 saturated heterocycles. The predicted octanol–water partition coefficient (Wildman–Crippen LogP) is 1.23. The summed E-state index contributed by atoms with van der Waals surface area (Å²) in [5.41, 5.74) is 4.43. The number of hydrogen-bond donors (Lipinski definition) is 2. The molecule has 2 aromatic heterocycles. The average molecular weight is 385 g/mol. The molecule has 8 heteroatoms. The van der Waals surface area contributed by atoms with E-state index in [-0.39, 0.29) is 18.2 Å². The maximum absolute atomic E-state index is 12.9. The number of nitrogens with zero attached hydrogens (tertiary/aromatic N) is 3. The van der Waals surface area contributed by atoms with Crippen LogP contribution in [0.15, 0.2) is 23.0 Å². The number of hydrogen-bond acceptors (Lipinski definition) is 5. The summed E-state index contributed by atoms with van der Waals surface area (Å²) >= 11 is 0. The zero-order chi connectivity index (χ0) is 19.5. The zero-order valence-electron chi connectivity index (χ0n) is 16.2. The summed E-state index contributed by atoms with van der Waals surface area (Å²) in [5, 5.41) is 10.4. The molecular weight excluding hydrogens is 358 g/mol. The van der Waals surface area contributed by atoms with E-state index < -0.39 is 6.04 Å². The van der Waals surface area contributed by atoms with Crippen LogP contribution in [0.4, 0.5) is 0 Å². The van der Waals surface area contributed by atoms with Crippen LogP contribution < -0.4 is 5.32 Å². The summed E-state index contributed by atoms with van der Waals surface area (Å²) in [6, 6.07) is 1.42. The predicted molar refractivity (Wildman–Crippen MR) is 102 cm³/mol. The lowest BCUT2D eigenvalue weighted by molar-refractivity contribution is -0.138. The van der Waals surface area contributed by atoms with Gasteiger partial charge < -0.3 is 14.6 Å². The molecule has 0 aromatic carbocycles. The van der Waals surface area contributed by atoms with E-state index in [9.17, 15) is 9.59 Å². The second kappa shape index (κ2) is 8.18. The molecule has 1 fully saturated rings. The molecule has 1 aliphatic carbocycles. The SMILES string of the molecule is CN(Cc1n[nH]c2c1CCCC2)C(=O)CC1C(=O)NCCN1Cc1ccoc1. The molecular formula is C20H27N5O3. The van der Waals surface area contributed by atoms with Crippen LogP contribution in [0.25, 0.3) is 0 Å². The Kier molecular flexibility index (Phi) is 5.47. The number of carbonyl (C=O) groups is 2. The summed E-state index contributed by atoms with van der Waals surface area (Å²) < 4.78 is 5.13. The minimum Gasteiger partial charge on any atom is -0.472 e. The number of aromatic amines is 1.